The third-order valence-electron chi connectivity index (χ3n) is 5.82. The predicted molar refractivity (Wildman–Crippen MR) is 128 cm³/mol. The molecule has 0 radical (unpaired) electrons. The van der Waals surface area contributed by atoms with Crippen molar-refractivity contribution < 1.29 is 18.8 Å². The highest BCUT2D eigenvalue weighted by Crippen LogP contribution is 2.34. The second-order valence-electron chi connectivity index (χ2n) is 9.21. The number of anilines is 1. The van der Waals surface area contributed by atoms with Crippen LogP contribution in [0.5, 0.6) is 0 Å². The molecule has 7 nitrogen and oxygen atoms in total. The zero-order chi connectivity index (χ0) is 23.0. The van der Waals surface area contributed by atoms with Gasteiger partial charge in [-0.15, -0.1) is 0 Å². The summed E-state index contributed by atoms with van der Waals surface area (Å²) in [6, 6.07) is 13.9. The standard InChI is InChI=1S/C26H35N3O4/c1-20(2)15-28(16-22(30)18-31-19-23-11-8-14-32-23)17-24-25(21-9-4-3-5-10-21)27-33-26(24)29-12-6-7-13-29/h3-5,8-11,14,20,22,30H,6-7,12-13,15-19H2,1-2H3. The number of aliphatic hydroxyl groups excluding tert-OH is 1. The van der Waals surface area contributed by atoms with E-state index in [0.29, 0.717) is 25.6 Å². The number of aliphatic hydroxyl groups is 1. The van der Waals surface area contributed by atoms with Gasteiger partial charge in [0, 0.05) is 38.3 Å². The summed E-state index contributed by atoms with van der Waals surface area (Å²) in [5.41, 5.74) is 3.02. The summed E-state index contributed by atoms with van der Waals surface area (Å²) in [5, 5.41) is 15.2. The van der Waals surface area contributed by atoms with Crippen molar-refractivity contribution in [1.29, 1.82) is 0 Å². The Morgan fingerprint density at radius 2 is 1.88 bits per heavy atom. The van der Waals surface area contributed by atoms with Crippen LogP contribution in [0.4, 0.5) is 5.88 Å². The van der Waals surface area contributed by atoms with E-state index in [0.717, 1.165) is 48.1 Å². The Balaban J connectivity index is 1.49. The van der Waals surface area contributed by atoms with Crippen LogP contribution < -0.4 is 4.90 Å². The van der Waals surface area contributed by atoms with Gasteiger partial charge >= 0.3 is 0 Å². The zero-order valence-corrected chi connectivity index (χ0v) is 19.7. The molecule has 178 valence electrons. The number of nitrogens with zero attached hydrogens (tertiary/aromatic N) is 3. The lowest BCUT2D eigenvalue weighted by Crippen LogP contribution is -2.37. The number of aromatic nitrogens is 1. The van der Waals surface area contributed by atoms with Gasteiger partial charge in [-0.05, 0) is 30.9 Å². The summed E-state index contributed by atoms with van der Waals surface area (Å²) in [5.74, 6) is 2.08. The molecule has 0 saturated carbocycles. The summed E-state index contributed by atoms with van der Waals surface area (Å²) in [7, 11) is 0. The second kappa shape index (κ2) is 11.5. The van der Waals surface area contributed by atoms with Crippen molar-refractivity contribution in [3.8, 4) is 11.3 Å². The topological polar surface area (TPSA) is 75.1 Å². The SMILES string of the molecule is CC(C)CN(Cc1c(-c2ccccc2)noc1N1CCCC1)CC(O)COCc1ccco1. The molecular formula is C26H35N3O4. The van der Waals surface area contributed by atoms with E-state index in [1.165, 1.54) is 12.8 Å². The van der Waals surface area contributed by atoms with Crippen LogP contribution in [0.15, 0.2) is 57.7 Å². The molecule has 2 aromatic heterocycles. The van der Waals surface area contributed by atoms with E-state index in [1.54, 1.807) is 6.26 Å². The quantitative estimate of drug-likeness (QED) is 0.430. The molecule has 0 bridgehead atoms. The molecular weight excluding hydrogens is 418 g/mol. The summed E-state index contributed by atoms with van der Waals surface area (Å²) in [6.45, 7) is 9.00. The van der Waals surface area contributed by atoms with Crippen LogP contribution in [0.2, 0.25) is 0 Å². The smallest absolute Gasteiger partial charge is 0.232 e. The highest BCUT2D eigenvalue weighted by Gasteiger charge is 2.27. The molecule has 3 aromatic rings. The molecule has 4 rings (SSSR count). The number of hydrogen-bond donors (Lipinski definition) is 1. The van der Waals surface area contributed by atoms with Gasteiger partial charge in [-0.25, -0.2) is 0 Å². The molecule has 0 spiro atoms. The molecule has 0 aliphatic carbocycles. The molecule has 1 N–H and O–H groups in total. The lowest BCUT2D eigenvalue weighted by Gasteiger charge is -2.27. The third kappa shape index (κ3) is 6.47. The Hall–Kier alpha value is -2.61. The Morgan fingerprint density at radius 1 is 1.09 bits per heavy atom. The van der Waals surface area contributed by atoms with E-state index in [1.807, 2.05) is 30.3 Å². The van der Waals surface area contributed by atoms with Gasteiger partial charge < -0.3 is 23.7 Å². The minimum absolute atomic E-state index is 0.253. The first-order valence-electron chi connectivity index (χ1n) is 11.9. The fraction of sp³-hybridized carbons (Fsp3) is 0.500. The molecule has 7 heteroatoms. The fourth-order valence-corrected chi connectivity index (χ4v) is 4.42. The zero-order valence-electron chi connectivity index (χ0n) is 19.7. The number of rotatable bonds is 12. The first-order valence-corrected chi connectivity index (χ1v) is 11.9. The Morgan fingerprint density at radius 3 is 2.58 bits per heavy atom. The van der Waals surface area contributed by atoms with Crippen LogP contribution in [-0.4, -0.2) is 54.1 Å². The van der Waals surface area contributed by atoms with Gasteiger partial charge in [-0.3, -0.25) is 4.90 Å². The van der Waals surface area contributed by atoms with Crippen LogP contribution in [-0.2, 0) is 17.9 Å². The predicted octanol–water partition coefficient (Wildman–Crippen LogP) is 4.57. The molecule has 1 aromatic carbocycles. The summed E-state index contributed by atoms with van der Waals surface area (Å²) < 4.78 is 16.9. The van der Waals surface area contributed by atoms with Crippen LogP contribution in [0.25, 0.3) is 11.3 Å². The minimum Gasteiger partial charge on any atom is -0.467 e. The van der Waals surface area contributed by atoms with Gasteiger partial charge in [0.15, 0.2) is 0 Å². The van der Waals surface area contributed by atoms with Gasteiger partial charge in [0.1, 0.15) is 18.1 Å². The van der Waals surface area contributed by atoms with E-state index in [9.17, 15) is 5.11 Å². The van der Waals surface area contributed by atoms with E-state index < -0.39 is 6.10 Å². The van der Waals surface area contributed by atoms with E-state index in [2.05, 4.69) is 40.9 Å². The average molecular weight is 454 g/mol. The minimum atomic E-state index is -0.603. The van der Waals surface area contributed by atoms with Crippen molar-refractivity contribution >= 4 is 5.88 Å². The number of hydrogen-bond acceptors (Lipinski definition) is 7. The summed E-state index contributed by atoms with van der Waals surface area (Å²) in [4.78, 5) is 4.58. The average Bonchev–Trinajstić information content (AvgIpc) is 3.56. The molecule has 1 unspecified atom stereocenters. The molecule has 1 aliphatic heterocycles. The van der Waals surface area contributed by atoms with Gasteiger partial charge in [0.05, 0.1) is 24.5 Å². The Bertz CT molecular complexity index is 949. The fourth-order valence-electron chi connectivity index (χ4n) is 4.42. The van der Waals surface area contributed by atoms with Crippen molar-refractivity contribution in [2.45, 2.75) is 45.9 Å². The number of benzene rings is 1. The van der Waals surface area contributed by atoms with Crippen molar-refractivity contribution in [3.05, 3.63) is 60.1 Å². The normalized spacial score (nSPS) is 15.1. The van der Waals surface area contributed by atoms with E-state index >= 15 is 0 Å². The van der Waals surface area contributed by atoms with Crippen LogP contribution in [0.1, 0.15) is 38.0 Å². The first-order chi connectivity index (χ1) is 16.1. The van der Waals surface area contributed by atoms with Gasteiger partial charge in [-0.2, -0.15) is 0 Å². The van der Waals surface area contributed by atoms with Crippen LogP contribution in [0.3, 0.4) is 0 Å². The first kappa shape index (κ1) is 23.5. The largest absolute Gasteiger partial charge is 0.467 e. The molecule has 1 fully saturated rings. The maximum absolute atomic E-state index is 10.7. The maximum atomic E-state index is 10.7. The summed E-state index contributed by atoms with van der Waals surface area (Å²) in [6.07, 6.45) is 3.36. The molecule has 1 atom stereocenters. The monoisotopic (exact) mass is 453 g/mol. The number of ether oxygens (including phenoxy) is 1. The highest BCUT2D eigenvalue weighted by molar-refractivity contribution is 5.68. The van der Waals surface area contributed by atoms with Gasteiger partial charge in [0.25, 0.3) is 0 Å². The molecule has 33 heavy (non-hydrogen) atoms. The van der Waals surface area contributed by atoms with Gasteiger partial charge in [0.2, 0.25) is 5.88 Å². The number of furan rings is 1. The molecule has 1 aliphatic rings. The molecule has 3 heterocycles. The Labute approximate surface area is 195 Å². The van der Waals surface area contributed by atoms with Gasteiger partial charge in [-0.1, -0.05) is 49.3 Å². The Kier molecular flexibility index (Phi) is 8.20. The van der Waals surface area contributed by atoms with Crippen molar-refractivity contribution in [2.24, 2.45) is 5.92 Å². The van der Waals surface area contributed by atoms with E-state index in [4.69, 9.17) is 13.7 Å². The van der Waals surface area contributed by atoms with Crippen molar-refractivity contribution in [1.82, 2.24) is 10.1 Å². The van der Waals surface area contributed by atoms with Crippen LogP contribution in [0, 0.1) is 5.92 Å². The lowest BCUT2D eigenvalue weighted by atomic mass is 10.1. The summed E-state index contributed by atoms with van der Waals surface area (Å²) >= 11 is 0. The molecule has 1 saturated heterocycles. The van der Waals surface area contributed by atoms with E-state index in [-0.39, 0.29) is 6.61 Å². The second-order valence-corrected chi connectivity index (χ2v) is 9.21. The third-order valence-corrected chi connectivity index (χ3v) is 5.82. The van der Waals surface area contributed by atoms with Crippen molar-refractivity contribution in [3.63, 3.8) is 0 Å². The highest BCUT2D eigenvalue weighted by atomic mass is 16.5. The van der Waals surface area contributed by atoms with Crippen LogP contribution >= 0.6 is 0 Å². The lowest BCUT2D eigenvalue weighted by molar-refractivity contribution is 0.00226. The maximum Gasteiger partial charge on any atom is 0.232 e. The van der Waals surface area contributed by atoms with Crippen molar-refractivity contribution in [2.75, 3.05) is 37.7 Å². The molecule has 0 amide bonds.